The standard InChI is InChI=1S/C27H29BrN2O2S/c1-29-27(32)25(18-21-8-4-2-5-9-21)30(19-22-12-14-24(28)15-13-22)26(31)16-17-33-20-23-10-6-3-7-11-23/h2-15,25H,16-20H2,1H3,(H,29,32)/t25-/m0/s1. The quantitative estimate of drug-likeness (QED) is 0.339. The van der Waals surface area contributed by atoms with Gasteiger partial charge < -0.3 is 10.2 Å². The molecule has 1 N–H and O–H groups in total. The smallest absolute Gasteiger partial charge is 0.242 e. The Morgan fingerprint density at radius 2 is 1.48 bits per heavy atom. The van der Waals surface area contributed by atoms with Crippen LogP contribution in [0.15, 0.2) is 89.4 Å². The summed E-state index contributed by atoms with van der Waals surface area (Å²) in [5, 5.41) is 2.76. The molecule has 172 valence electrons. The Hall–Kier alpha value is -2.57. The van der Waals surface area contributed by atoms with E-state index in [-0.39, 0.29) is 11.8 Å². The fourth-order valence-corrected chi connectivity index (χ4v) is 4.73. The van der Waals surface area contributed by atoms with Crippen molar-refractivity contribution in [2.45, 2.75) is 31.2 Å². The predicted molar refractivity (Wildman–Crippen MR) is 140 cm³/mol. The molecule has 0 heterocycles. The number of hydrogen-bond acceptors (Lipinski definition) is 3. The first-order chi connectivity index (χ1) is 16.1. The molecule has 4 nitrogen and oxygen atoms in total. The normalized spacial score (nSPS) is 11.6. The van der Waals surface area contributed by atoms with Crippen LogP contribution < -0.4 is 5.32 Å². The highest BCUT2D eigenvalue weighted by atomic mass is 79.9. The lowest BCUT2D eigenvalue weighted by molar-refractivity contribution is -0.140. The molecule has 0 saturated carbocycles. The molecule has 0 bridgehead atoms. The topological polar surface area (TPSA) is 49.4 Å². The molecule has 1 atom stereocenters. The minimum Gasteiger partial charge on any atom is -0.357 e. The van der Waals surface area contributed by atoms with Gasteiger partial charge in [-0.25, -0.2) is 0 Å². The van der Waals surface area contributed by atoms with Crippen LogP contribution in [0, 0.1) is 0 Å². The van der Waals surface area contributed by atoms with Gasteiger partial charge in [0.05, 0.1) is 0 Å². The molecular formula is C27H29BrN2O2S. The second kappa shape index (κ2) is 13.2. The third kappa shape index (κ3) is 8.06. The van der Waals surface area contributed by atoms with Crippen molar-refractivity contribution in [1.29, 1.82) is 0 Å². The number of halogens is 1. The monoisotopic (exact) mass is 524 g/mol. The third-order valence-corrected chi connectivity index (χ3v) is 6.91. The van der Waals surface area contributed by atoms with Crippen LogP contribution in [0.1, 0.15) is 23.1 Å². The van der Waals surface area contributed by atoms with E-state index in [4.69, 9.17) is 0 Å². The van der Waals surface area contributed by atoms with E-state index in [9.17, 15) is 9.59 Å². The van der Waals surface area contributed by atoms with Crippen LogP contribution in [0.4, 0.5) is 0 Å². The van der Waals surface area contributed by atoms with Gasteiger partial charge in [0.25, 0.3) is 0 Å². The summed E-state index contributed by atoms with van der Waals surface area (Å²) in [6, 6.07) is 27.4. The number of amides is 2. The number of likely N-dealkylation sites (N-methyl/N-ethyl adjacent to an activating group) is 1. The van der Waals surface area contributed by atoms with Gasteiger partial charge in [-0.05, 0) is 28.8 Å². The second-order valence-corrected chi connectivity index (χ2v) is 9.78. The number of benzene rings is 3. The summed E-state index contributed by atoms with van der Waals surface area (Å²) >= 11 is 5.20. The first kappa shape index (κ1) is 25.1. The highest BCUT2D eigenvalue weighted by Crippen LogP contribution is 2.19. The van der Waals surface area contributed by atoms with Gasteiger partial charge in [-0.3, -0.25) is 9.59 Å². The number of rotatable bonds is 11. The van der Waals surface area contributed by atoms with E-state index < -0.39 is 6.04 Å². The van der Waals surface area contributed by atoms with E-state index in [1.54, 1.807) is 23.7 Å². The molecule has 0 radical (unpaired) electrons. The molecule has 2 amide bonds. The lowest BCUT2D eigenvalue weighted by atomic mass is 10.0. The highest BCUT2D eigenvalue weighted by Gasteiger charge is 2.29. The lowest BCUT2D eigenvalue weighted by Crippen LogP contribution is -2.49. The van der Waals surface area contributed by atoms with Crippen molar-refractivity contribution in [3.63, 3.8) is 0 Å². The van der Waals surface area contributed by atoms with Crippen molar-refractivity contribution >= 4 is 39.5 Å². The fraction of sp³-hybridized carbons (Fsp3) is 0.259. The van der Waals surface area contributed by atoms with Crippen LogP contribution in [0.5, 0.6) is 0 Å². The van der Waals surface area contributed by atoms with Crippen LogP contribution in [0.3, 0.4) is 0 Å². The number of nitrogens with one attached hydrogen (secondary N) is 1. The number of carbonyl (C=O) groups is 2. The Balaban J connectivity index is 1.74. The maximum Gasteiger partial charge on any atom is 0.242 e. The summed E-state index contributed by atoms with van der Waals surface area (Å²) in [5.41, 5.74) is 3.26. The molecule has 0 saturated heterocycles. The van der Waals surface area contributed by atoms with Crippen molar-refractivity contribution in [2.75, 3.05) is 12.8 Å². The number of carbonyl (C=O) groups excluding carboxylic acids is 2. The van der Waals surface area contributed by atoms with Crippen LogP contribution in [-0.2, 0) is 28.3 Å². The van der Waals surface area contributed by atoms with E-state index in [1.165, 1.54) is 5.56 Å². The van der Waals surface area contributed by atoms with Crippen molar-refractivity contribution in [2.24, 2.45) is 0 Å². The molecule has 0 aliphatic carbocycles. The summed E-state index contributed by atoms with van der Waals surface area (Å²) in [5.74, 6) is 1.41. The molecule has 3 aromatic carbocycles. The van der Waals surface area contributed by atoms with E-state index in [0.717, 1.165) is 21.4 Å². The lowest BCUT2D eigenvalue weighted by Gasteiger charge is -2.31. The molecule has 0 aromatic heterocycles. The van der Waals surface area contributed by atoms with Gasteiger partial charge >= 0.3 is 0 Å². The van der Waals surface area contributed by atoms with Gasteiger partial charge in [-0.15, -0.1) is 0 Å². The molecule has 0 fully saturated rings. The zero-order valence-electron chi connectivity index (χ0n) is 18.7. The van der Waals surface area contributed by atoms with Gasteiger partial charge in [0.2, 0.25) is 11.8 Å². The van der Waals surface area contributed by atoms with Crippen LogP contribution in [0.25, 0.3) is 0 Å². The number of hydrogen-bond donors (Lipinski definition) is 1. The molecule has 0 spiro atoms. The van der Waals surface area contributed by atoms with Crippen molar-refractivity contribution < 1.29 is 9.59 Å². The van der Waals surface area contributed by atoms with Crippen molar-refractivity contribution in [1.82, 2.24) is 10.2 Å². The minimum absolute atomic E-state index is 0.0111. The van der Waals surface area contributed by atoms with E-state index in [1.807, 2.05) is 72.8 Å². The number of thioether (sulfide) groups is 1. The minimum atomic E-state index is -0.576. The van der Waals surface area contributed by atoms with Crippen LogP contribution >= 0.6 is 27.7 Å². The SMILES string of the molecule is CNC(=O)[C@H](Cc1ccccc1)N(Cc1ccc(Br)cc1)C(=O)CCSCc1ccccc1. The van der Waals surface area contributed by atoms with Crippen LogP contribution in [-0.4, -0.2) is 35.6 Å². The average molecular weight is 526 g/mol. The zero-order chi connectivity index (χ0) is 23.5. The maximum absolute atomic E-state index is 13.4. The molecule has 6 heteroatoms. The van der Waals surface area contributed by atoms with Gasteiger partial charge in [0.1, 0.15) is 6.04 Å². The van der Waals surface area contributed by atoms with Gasteiger partial charge in [0, 0.05) is 42.4 Å². The van der Waals surface area contributed by atoms with Crippen molar-refractivity contribution in [3.05, 3.63) is 106 Å². The van der Waals surface area contributed by atoms with Gasteiger partial charge in [-0.1, -0.05) is 88.7 Å². The Morgan fingerprint density at radius 3 is 2.09 bits per heavy atom. The average Bonchev–Trinajstić information content (AvgIpc) is 2.86. The van der Waals surface area contributed by atoms with Gasteiger partial charge in [-0.2, -0.15) is 11.8 Å². The molecule has 33 heavy (non-hydrogen) atoms. The first-order valence-corrected chi connectivity index (χ1v) is 12.9. The van der Waals surface area contributed by atoms with Crippen LogP contribution in [0.2, 0.25) is 0 Å². The summed E-state index contributed by atoms with van der Waals surface area (Å²) in [7, 11) is 1.62. The maximum atomic E-state index is 13.4. The van der Waals surface area contributed by atoms with E-state index in [0.29, 0.717) is 25.1 Å². The summed E-state index contributed by atoms with van der Waals surface area (Å²) in [6.45, 7) is 0.389. The first-order valence-electron chi connectivity index (χ1n) is 11.0. The zero-order valence-corrected chi connectivity index (χ0v) is 21.1. The van der Waals surface area contributed by atoms with E-state index in [2.05, 4.69) is 33.4 Å². The summed E-state index contributed by atoms with van der Waals surface area (Å²) in [4.78, 5) is 28.0. The largest absolute Gasteiger partial charge is 0.357 e. The molecule has 0 aliphatic heterocycles. The second-order valence-electron chi connectivity index (χ2n) is 7.76. The fourth-order valence-electron chi connectivity index (χ4n) is 3.57. The number of nitrogens with zero attached hydrogens (tertiary/aromatic N) is 1. The summed E-state index contributed by atoms with van der Waals surface area (Å²) in [6.07, 6.45) is 0.857. The Bertz CT molecular complexity index is 1010. The highest BCUT2D eigenvalue weighted by molar-refractivity contribution is 9.10. The Kier molecular flexibility index (Phi) is 10.0. The molecule has 3 aromatic rings. The van der Waals surface area contributed by atoms with Gasteiger partial charge in [0.15, 0.2) is 0 Å². The Labute approximate surface area is 208 Å². The molecule has 3 rings (SSSR count). The predicted octanol–water partition coefficient (Wildman–Crippen LogP) is 5.46. The molecule has 0 aliphatic rings. The molecular weight excluding hydrogens is 496 g/mol. The molecule has 0 unspecified atom stereocenters. The van der Waals surface area contributed by atoms with Crippen molar-refractivity contribution in [3.8, 4) is 0 Å². The third-order valence-electron chi connectivity index (χ3n) is 5.36. The Morgan fingerprint density at radius 1 is 0.879 bits per heavy atom. The summed E-state index contributed by atoms with van der Waals surface area (Å²) < 4.78 is 0.980. The van der Waals surface area contributed by atoms with E-state index >= 15 is 0 Å².